The SMILES string of the molecule is Cc1cc(N2CC(CS)CC2=O)c(C)cc1Cl. The molecule has 1 saturated heterocycles. The van der Waals surface area contributed by atoms with Gasteiger partial charge in [-0.3, -0.25) is 4.79 Å². The lowest BCUT2D eigenvalue weighted by Gasteiger charge is -2.20. The second-order valence-corrected chi connectivity index (χ2v) is 5.42. The van der Waals surface area contributed by atoms with Gasteiger partial charge in [0.15, 0.2) is 0 Å². The van der Waals surface area contributed by atoms with Crippen molar-refractivity contribution in [1.29, 1.82) is 0 Å². The molecule has 2 rings (SSSR count). The summed E-state index contributed by atoms with van der Waals surface area (Å²) in [5, 5.41) is 0.753. The molecule has 1 aliphatic rings. The van der Waals surface area contributed by atoms with Gasteiger partial charge in [-0.1, -0.05) is 11.6 Å². The maximum atomic E-state index is 12.0. The van der Waals surface area contributed by atoms with Crippen LogP contribution >= 0.6 is 24.2 Å². The van der Waals surface area contributed by atoms with Gasteiger partial charge in [0.05, 0.1) is 0 Å². The summed E-state index contributed by atoms with van der Waals surface area (Å²) in [5.41, 5.74) is 3.05. The molecule has 0 aliphatic carbocycles. The Morgan fingerprint density at radius 3 is 2.71 bits per heavy atom. The number of nitrogens with zero attached hydrogens (tertiary/aromatic N) is 1. The Morgan fingerprint density at radius 2 is 2.12 bits per heavy atom. The number of amides is 1. The Bertz CT molecular complexity index is 461. The van der Waals surface area contributed by atoms with E-state index in [9.17, 15) is 4.79 Å². The summed E-state index contributed by atoms with van der Waals surface area (Å²) in [4.78, 5) is 13.8. The first-order valence-corrected chi connectivity index (χ1v) is 6.72. The van der Waals surface area contributed by atoms with Gasteiger partial charge in [0.25, 0.3) is 0 Å². The van der Waals surface area contributed by atoms with Gasteiger partial charge >= 0.3 is 0 Å². The predicted molar refractivity (Wildman–Crippen MR) is 75.2 cm³/mol. The van der Waals surface area contributed by atoms with E-state index in [1.54, 1.807) is 0 Å². The zero-order chi connectivity index (χ0) is 12.6. The second kappa shape index (κ2) is 4.91. The highest BCUT2D eigenvalue weighted by molar-refractivity contribution is 7.80. The molecule has 1 atom stereocenters. The Kier molecular flexibility index (Phi) is 3.69. The van der Waals surface area contributed by atoms with E-state index in [1.807, 2.05) is 30.9 Å². The third-order valence-electron chi connectivity index (χ3n) is 3.23. The molecule has 4 heteroatoms. The van der Waals surface area contributed by atoms with Crippen molar-refractivity contribution < 1.29 is 4.79 Å². The molecule has 1 aromatic rings. The molecule has 1 amide bonds. The lowest BCUT2D eigenvalue weighted by molar-refractivity contribution is -0.117. The van der Waals surface area contributed by atoms with Gasteiger partial charge in [0.1, 0.15) is 0 Å². The van der Waals surface area contributed by atoms with Crippen LogP contribution in [0.25, 0.3) is 0 Å². The molecule has 1 aliphatic heterocycles. The molecule has 0 saturated carbocycles. The van der Waals surface area contributed by atoms with Crippen molar-refractivity contribution in [3.05, 3.63) is 28.3 Å². The van der Waals surface area contributed by atoms with Crippen LogP contribution in [-0.2, 0) is 4.79 Å². The van der Waals surface area contributed by atoms with Gasteiger partial charge in [-0.05, 0) is 48.8 Å². The zero-order valence-corrected chi connectivity index (χ0v) is 11.7. The minimum absolute atomic E-state index is 0.189. The number of aryl methyl sites for hydroxylation is 2. The first-order valence-electron chi connectivity index (χ1n) is 5.71. The Balaban J connectivity index is 2.35. The van der Waals surface area contributed by atoms with Crippen molar-refractivity contribution in [2.24, 2.45) is 5.92 Å². The first-order chi connectivity index (χ1) is 8.02. The molecule has 1 heterocycles. The van der Waals surface area contributed by atoms with Gasteiger partial charge < -0.3 is 4.90 Å². The number of rotatable bonds is 2. The van der Waals surface area contributed by atoms with Crippen LogP contribution in [0.4, 0.5) is 5.69 Å². The largest absolute Gasteiger partial charge is 0.312 e. The van der Waals surface area contributed by atoms with Gasteiger partial charge in [0, 0.05) is 23.7 Å². The summed E-state index contributed by atoms with van der Waals surface area (Å²) in [6.45, 7) is 4.72. The molecule has 1 fully saturated rings. The molecule has 1 unspecified atom stereocenters. The molecule has 92 valence electrons. The van der Waals surface area contributed by atoms with Crippen LogP contribution in [0.3, 0.4) is 0 Å². The smallest absolute Gasteiger partial charge is 0.227 e. The fourth-order valence-electron chi connectivity index (χ4n) is 2.19. The van der Waals surface area contributed by atoms with Gasteiger partial charge in [-0.25, -0.2) is 0 Å². The van der Waals surface area contributed by atoms with E-state index in [1.165, 1.54) is 0 Å². The standard InChI is InChI=1S/C13H16ClNOS/c1-8-4-12(9(2)3-11(8)14)15-6-10(7-17)5-13(15)16/h3-4,10,17H,5-7H2,1-2H3. The molecule has 1 aromatic carbocycles. The lowest BCUT2D eigenvalue weighted by Crippen LogP contribution is -2.25. The van der Waals surface area contributed by atoms with Crippen LogP contribution in [0.15, 0.2) is 12.1 Å². The van der Waals surface area contributed by atoms with Crippen molar-refractivity contribution in [1.82, 2.24) is 0 Å². The molecular weight excluding hydrogens is 254 g/mol. The summed E-state index contributed by atoms with van der Waals surface area (Å²) < 4.78 is 0. The van der Waals surface area contributed by atoms with Crippen LogP contribution in [0.2, 0.25) is 5.02 Å². The summed E-state index contributed by atoms with van der Waals surface area (Å²) >= 11 is 10.3. The molecule has 17 heavy (non-hydrogen) atoms. The molecule has 0 spiro atoms. The first kappa shape index (κ1) is 12.8. The molecule has 0 N–H and O–H groups in total. The number of benzene rings is 1. The number of thiol groups is 1. The molecular formula is C13H16ClNOS. The third kappa shape index (κ3) is 2.45. The molecule has 0 radical (unpaired) electrons. The van der Waals surface area contributed by atoms with Crippen LogP contribution in [-0.4, -0.2) is 18.2 Å². The minimum atomic E-state index is 0.189. The second-order valence-electron chi connectivity index (χ2n) is 4.64. The fourth-order valence-corrected chi connectivity index (χ4v) is 2.66. The maximum Gasteiger partial charge on any atom is 0.227 e. The monoisotopic (exact) mass is 269 g/mol. The average molecular weight is 270 g/mol. The van der Waals surface area contributed by atoms with E-state index in [0.717, 1.165) is 34.1 Å². The zero-order valence-electron chi connectivity index (χ0n) is 10.0. The highest BCUT2D eigenvalue weighted by Gasteiger charge is 2.30. The lowest BCUT2D eigenvalue weighted by atomic mass is 10.1. The quantitative estimate of drug-likeness (QED) is 0.818. The molecule has 0 bridgehead atoms. The minimum Gasteiger partial charge on any atom is -0.312 e. The Labute approximate surface area is 112 Å². The highest BCUT2D eigenvalue weighted by Crippen LogP contribution is 2.31. The summed E-state index contributed by atoms with van der Waals surface area (Å²) in [7, 11) is 0. The number of halogens is 1. The molecule has 2 nitrogen and oxygen atoms in total. The van der Waals surface area contributed by atoms with Crippen molar-refractivity contribution in [2.75, 3.05) is 17.2 Å². The van der Waals surface area contributed by atoms with E-state index in [-0.39, 0.29) is 5.91 Å². The van der Waals surface area contributed by atoms with E-state index in [0.29, 0.717) is 12.3 Å². The van der Waals surface area contributed by atoms with E-state index < -0.39 is 0 Å². The number of carbonyl (C=O) groups excluding carboxylic acids is 1. The van der Waals surface area contributed by atoms with E-state index in [4.69, 9.17) is 11.6 Å². The molecule has 0 aromatic heterocycles. The highest BCUT2D eigenvalue weighted by atomic mass is 35.5. The summed E-state index contributed by atoms with van der Waals surface area (Å²) in [5.74, 6) is 1.31. The third-order valence-corrected chi connectivity index (χ3v) is 4.15. The fraction of sp³-hybridized carbons (Fsp3) is 0.462. The van der Waals surface area contributed by atoms with Gasteiger partial charge in [0.2, 0.25) is 5.91 Å². The van der Waals surface area contributed by atoms with Crippen LogP contribution in [0.1, 0.15) is 17.5 Å². The maximum absolute atomic E-state index is 12.0. The average Bonchev–Trinajstić information content (AvgIpc) is 2.65. The van der Waals surface area contributed by atoms with E-state index >= 15 is 0 Å². The van der Waals surface area contributed by atoms with Crippen LogP contribution in [0, 0.1) is 19.8 Å². The van der Waals surface area contributed by atoms with Crippen LogP contribution in [0.5, 0.6) is 0 Å². The van der Waals surface area contributed by atoms with Gasteiger partial charge in [-0.15, -0.1) is 0 Å². The van der Waals surface area contributed by atoms with Gasteiger partial charge in [-0.2, -0.15) is 12.6 Å². The van der Waals surface area contributed by atoms with E-state index in [2.05, 4.69) is 12.6 Å². The number of hydrogen-bond donors (Lipinski definition) is 1. The summed E-state index contributed by atoms with van der Waals surface area (Å²) in [6, 6.07) is 3.92. The predicted octanol–water partition coefficient (Wildman–Crippen LogP) is 3.24. The normalized spacial score (nSPS) is 20.1. The number of anilines is 1. The number of carbonyl (C=O) groups is 1. The van der Waals surface area contributed by atoms with Crippen molar-refractivity contribution in [2.45, 2.75) is 20.3 Å². The topological polar surface area (TPSA) is 20.3 Å². The van der Waals surface area contributed by atoms with Crippen LogP contribution < -0.4 is 4.90 Å². The van der Waals surface area contributed by atoms with Crippen molar-refractivity contribution >= 4 is 35.8 Å². The number of hydrogen-bond acceptors (Lipinski definition) is 2. The Hall–Kier alpha value is -0.670. The van der Waals surface area contributed by atoms with Crippen molar-refractivity contribution in [3.63, 3.8) is 0 Å². The Morgan fingerprint density at radius 1 is 1.41 bits per heavy atom. The van der Waals surface area contributed by atoms with Crippen molar-refractivity contribution in [3.8, 4) is 0 Å². The summed E-state index contributed by atoms with van der Waals surface area (Å²) in [6.07, 6.45) is 0.602.